The molecule has 1 saturated heterocycles. The molecule has 9 heteroatoms. The normalized spacial score (nSPS) is 18.5. The van der Waals surface area contributed by atoms with E-state index in [0.29, 0.717) is 18.8 Å². The summed E-state index contributed by atoms with van der Waals surface area (Å²) in [7, 11) is 4.32. The number of amides is 1. The predicted molar refractivity (Wildman–Crippen MR) is 100 cm³/mol. The van der Waals surface area contributed by atoms with Crippen molar-refractivity contribution in [2.75, 3.05) is 32.6 Å². The third-order valence-corrected chi connectivity index (χ3v) is 4.75. The molecule has 28 heavy (non-hydrogen) atoms. The highest BCUT2D eigenvalue weighted by Crippen LogP contribution is 2.29. The standard InChI is InChI=1S/C19H22N4O5/c1-23-10-13(7-21-23)15-8-20-9-16(15)17(24)22-14-5-11(18(25)27-2)4-12(6-14)19(26)28-3/h4-7,10,15-16,20H,8-9H2,1-3H3,(H,22,24)/t15-,16+/m1/s1. The summed E-state index contributed by atoms with van der Waals surface area (Å²) in [5.74, 6) is -1.77. The second-order valence-electron chi connectivity index (χ2n) is 6.59. The number of hydrogen-bond donors (Lipinski definition) is 2. The number of anilines is 1. The Kier molecular flexibility index (Phi) is 5.74. The van der Waals surface area contributed by atoms with E-state index in [1.54, 1.807) is 10.9 Å². The first-order chi connectivity index (χ1) is 13.4. The van der Waals surface area contributed by atoms with E-state index in [4.69, 9.17) is 9.47 Å². The Bertz CT molecular complexity index is 873. The Balaban J connectivity index is 1.84. The first-order valence-corrected chi connectivity index (χ1v) is 8.74. The molecule has 0 saturated carbocycles. The van der Waals surface area contributed by atoms with Crippen molar-refractivity contribution in [3.63, 3.8) is 0 Å². The summed E-state index contributed by atoms with van der Waals surface area (Å²) in [5.41, 5.74) is 1.60. The lowest BCUT2D eigenvalue weighted by Crippen LogP contribution is -2.28. The molecule has 1 amide bonds. The number of benzene rings is 1. The van der Waals surface area contributed by atoms with E-state index in [0.717, 1.165) is 5.56 Å². The summed E-state index contributed by atoms with van der Waals surface area (Å²) in [6.45, 7) is 1.19. The van der Waals surface area contributed by atoms with Crippen molar-refractivity contribution in [1.82, 2.24) is 15.1 Å². The summed E-state index contributed by atoms with van der Waals surface area (Å²) in [5, 5.41) is 10.2. The monoisotopic (exact) mass is 386 g/mol. The summed E-state index contributed by atoms with van der Waals surface area (Å²) in [6.07, 6.45) is 3.65. The summed E-state index contributed by atoms with van der Waals surface area (Å²) < 4.78 is 11.1. The van der Waals surface area contributed by atoms with Gasteiger partial charge >= 0.3 is 11.9 Å². The Morgan fingerprint density at radius 1 is 1.11 bits per heavy atom. The second kappa shape index (κ2) is 8.22. The molecular formula is C19H22N4O5. The SMILES string of the molecule is COC(=O)c1cc(NC(=O)[C@H]2CNC[C@@H]2c2cnn(C)c2)cc(C(=O)OC)c1. The van der Waals surface area contributed by atoms with Crippen LogP contribution in [-0.2, 0) is 21.3 Å². The molecule has 2 N–H and O–H groups in total. The molecule has 148 valence electrons. The first kappa shape index (κ1) is 19.6. The third-order valence-electron chi connectivity index (χ3n) is 4.75. The topological polar surface area (TPSA) is 112 Å². The molecule has 1 aromatic carbocycles. The van der Waals surface area contributed by atoms with Gasteiger partial charge in [-0.3, -0.25) is 9.48 Å². The fraction of sp³-hybridized carbons (Fsp3) is 0.368. The van der Waals surface area contributed by atoms with Gasteiger partial charge in [-0.15, -0.1) is 0 Å². The smallest absolute Gasteiger partial charge is 0.337 e. The highest BCUT2D eigenvalue weighted by atomic mass is 16.5. The minimum Gasteiger partial charge on any atom is -0.465 e. The zero-order valence-electron chi connectivity index (χ0n) is 15.9. The van der Waals surface area contributed by atoms with E-state index in [1.807, 2.05) is 13.2 Å². The Morgan fingerprint density at radius 3 is 2.29 bits per heavy atom. The fourth-order valence-electron chi connectivity index (χ4n) is 3.34. The predicted octanol–water partition coefficient (Wildman–Crippen LogP) is 0.935. The minimum absolute atomic E-state index is 0.0161. The Labute approximate surface area is 162 Å². The van der Waals surface area contributed by atoms with Gasteiger partial charge in [-0.05, 0) is 23.8 Å². The van der Waals surface area contributed by atoms with Gasteiger partial charge in [0.25, 0.3) is 0 Å². The highest BCUT2D eigenvalue weighted by Gasteiger charge is 2.34. The molecule has 0 unspecified atom stereocenters. The van der Waals surface area contributed by atoms with Crippen LogP contribution in [0, 0.1) is 5.92 Å². The molecule has 0 bridgehead atoms. The molecule has 2 atom stereocenters. The number of aryl methyl sites for hydroxylation is 1. The van der Waals surface area contributed by atoms with Crippen LogP contribution in [0.5, 0.6) is 0 Å². The van der Waals surface area contributed by atoms with Crippen molar-refractivity contribution in [2.45, 2.75) is 5.92 Å². The Hall–Kier alpha value is -3.20. The molecule has 0 spiro atoms. The molecule has 0 aliphatic carbocycles. The van der Waals surface area contributed by atoms with Gasteiger partial charge in [0.1, 0.15) is 0 Å². The van der Waals surface area contributed by atoms with Crippen LogP contribution in [0.1, 0.15) is 32.2 Å². The van der Waals surface area contributed by atoms with E-state index in [9.17, 15) is 14.4 Å². The van der Waals surface area contributed by atoms with Gasteiger partial charge in [-0.25, -0.2) is 9.59 Å². The lowest BCUT2D eigenvalue weighted by molar-refractivity contribution is -0.119. The van der Waals surface area contributed by atoms with Crippen molar-refractivity contribution in [1.29, 1.82) is 0 Å². The van der Waals surface area contributed by atoms with Crippen LogP contribution < -0.4 is 10.6 Å². The van der Waals surface area contributed by atoms with E-state index in [1.165, 1.54) is 32.4 Å². The average Bonchev–Trinajstić information content (AvgIpc) is 3.35. The number of rotatable bonds is 5. The van der Waals surface area contributed by atoms with E-state index in [-0.39, 0.29) is 28.9 Å². The van der Waals surface area contributed by atoms with Gasteiger partial charge in [0.2, 0.25) is 5.91 Å². The van der Waals surface area contributed by atoms with E-state index < -0.39 is 11.9 Å². The lowest BCUT2D eigenvalue weighted by Gasteiger charge is -2.17. The van der Waals surface area contributed by atoms with Crippen LogP contribution in [-0.4, -0.2) is 54.9 Å². The number of hydrogen-bond acceptors (Lipinski definition) is 7. The van der Waals surface area contributed by atoms with Gasteiger partial charge in [0.05, 0.1) is 37.5 Å². The fourth-order valence-corrected chi connectivity index (χ4v) is 3.34. The van der Waals surface area contributed by atoms with Gasteiger partial charge in [-0.2, -0.15) is 5.10 Å². The molecule has 2 aromatic rings. The van der Waals surface area contributed by atoms with Crippen molar-refractivity contribution in [2.24, 2.45) is 13.0 Å². The van der Waals surface area contributed by atoms with Gasteiger partial charge in [0.15, 0.2) is 0 Å². The van der Waals surface area contributed by atoms with E-state index in [2.05, 4.69) is 15.7 Å². The molecule has 1 aliphatic heterocycles. The summed E-state index contributed by atoms with van der Waals surface area (Å²) in [6, 6.07) is 4.30. The molecule has 2 heterocycles. The molecule has 0 radical (unpaired) electrons. The van der Waals surface area contributed by atoms with Crippen LogP contribution in [0.3, 0.4) is 0 Å². The summed E-state index contributed by atoms with van der Waals surface area (Å²) in [4.78, 5) is 36.7. The largest absolute Gasteiger partial charge is 0.465 e. The number of carbonyl (C=O) groups excluding carboxylic acids is 3. The maximum absolute atomic E-state index is 12.9. The zero-order valence-corrected chi connectivity index (χ0v) is 15.9. The molecule has 1 aromatic heterocycles. The number of ether oxygens (including phenoxy) is 2. The van der Waals surface area contributed by atoms with Gasteiger partial charge in [-0.1, -0.05) is 0 Å². The van der Waals surface area contributed by atoms with Crippen molar-refractivity contribution < 1.29 is 23.9 Å². The quantitative estimate of drug-likeness (QED) is 0.736. The van der Waals surface area contributed by atoms with Crippen LogP contribution >= 0.6 is 0 Å². The van der Waals surface area contributed by atoms with Crippen LogP contribution in [0.4, 0.5) is 5.69 Å². The van der Waals surface area contributed by atoms with E-state index >= 15 is 0 Å². The highest BCUT2D eigenvalue weighted by molar-refractivity contribution is 6.00. The number of nitrogens with one attached hydrogen (secondary N) is 2. The lowest BCUT2D eigenvalue weighted by atomic mass is 9.90. The zero-order chi connectivity index (χ0) is 20.3. The van der Waals surface area contributed by atoms with Crippen molar-refractivity contribution >= 4 is 23.5 Å². The van der Waals surface area contributed by atoms with Crippen LogP contribution in [0.15, 0.2) is 30.6 Å². The van der Waals surface area contributed by atoms with Crippen LogP contribution in [0.25, 0.3) is 0 Å². The molecule has 9 nitrogen and oxygen atoms in total. The number of aromatic nitrogens is 2. The van der Waals surface area contributed by atoms with Crippen LogP contribution in [0.2, 0.25) is 0 Å². The number of methoxy groups -OCH3 is 2. The second-order valence-corrected chi connectivity index (χ2v) is 6.59. The first-order valence-electron chi connectivity index (χ1n) is 8.74. The summed E-state index contributed by atoms with van der Waals surface area (Å²) >= 11 is 0. The minimum atomic E-state index is -0.614. The number of nitrogens with zero attached hydrogens (tertiary/aromatic N) is 2. The van der Waals surface area contributed by atoms with Crippen molar-refractivity contribution in [3.05, 3.63) is 47.3 Å². The molecule has 1 aliphatic rings. The maximum atomic E-state index is 12.9. The molecular weight excluding hydrogens is 364 g/mol. The van der Waals surface area contributed by atoms with Gasteiger partial charge in [0, 0.05) is 37.9 Å². The third kappa shape index (κ3) is 4.04. The Morgan fingerprint density at radius 2 is 1.75 bits per heavy atom. The molecule has 3 rings (SSSR count). The number of carbonyl (C=O) groups is 3. The van der Waals surface area contributed by atoms with Crippen molar-refractivity contribution in [3.8, 4) is 0 Å². The number of esters is 2. The van der Waals surface area contributed by atoms with Gasteiger partial charge < -0.3 is 20.1 Å². The maximum Gasteiger partial charge on any atom is 0.337 e. The average molecular weight is 386 g/mol. The molecule has 1 fully saturated rings.